The minimum absolute atomic E-state index is 0.816. The van der Waals surface area contributed by atoms with E-state index >= 15 is 0 Å². The third-order valence-corrected chi connectivity index (χ3v) is 5.97. The third-order valence-electron chi connectivity index (χ3n) is 5.97. The van der Waals surface area contributed by atoms with Gasteiger partial charge in [0.2, 0.25) is 0 Å². The maximum absolute atomic E-state index is 4.60. The standard InChI is InChI=1S/C25H22N8/c1-3-7-19(8-4-1)22-11-12-23(30-29-22)31-13-15-32(16-14-31)24-21-17-28-33(25(21)27-18-26-24)20-9-5-2-6-10-20/h1-12,17-18H,13-16H2. The van der Waals surface area contributed by atoms with Crippen LogP contribution in [0.5, 0.6) is 0 Å². The Hall–Kier alpha value is -4.33. The van der Waals surface area contributed by atoms with Gasteiger partial charge in [-0.2, -0.15) is 5.10 Å². The molecule has 2 aromatic carbocycles. The van der Waals surface area contributed by atoms with Crippen LogP contribution in [0, 0.1) is 0 Å². The number of hydrogen-bond donors (Lipinski definition) is 0. The van der Waals surface area contributed by atoms with E-state index in [4.69, 9.17) is 0 Å². The van der Waals surface area contributed by atoms with Crippen molar-refractivity contribution in [3.05, 3.63) is 85.3 Å². The van der Waals surface area contributed by atoms with Crippen LogP contribution in [0.1, 0.15) is 0 Å². The molecule has 0 atom stereocenters. The van der Waals surface area contributed by atoms with Crippen molar-refractivity contribution in [3.63, 3.8) is 0 Å². The molecule has 0 radical (unpaired) electrons. The second-order valence-corrected chi connectivity index (χ2v) is 7.94. The van der Waals surface area contributed by atoms with Gasteiger partial charge in [0.25, 0.3) is 0 Å². The van der Waals surface area contributed by atoms with Gasteiger partial charge in [-0.15, -0.1) is 10.2 Å². The van der Waals surface area contributed by atoms with Crippen molar-refractivity contribution in [2.45, 2.75) is 0 Å². The van der Waals surface area contributed by atoms with E-state index in [2.05, 4.69) is 41.1 Å². The van der Waals surface area contributed by atoms with Gasteiger partial charge < -0.3 is 9.80 Å². The lowest BCUT2D eigenvalue weighted by Gasteiger charge is -2.35. The van der Waals surface area contributed by atoms with E-state index in [-0.39, 0.29) is 0 Å². The fraction of sp³-hybridized carbons (Fsp3) is 0.160. The molecule has 0 aliphatic carbocycles. The molecule has 33 heavy (non-hydrogen) atoms. The molecular formula is C25H22N8. The molecule has 6 rings (SSSR count). The van der Waals surface area contributed by atoms with Gasteiger partial charge in [0, 0.05) is 31.7 Å². The summed E-state index contributed by atoms with van der Waals surface area (Å²) in [5.41, 5.74) is 3.76. The van der Waals surface area contributed by atoms with Crippen LogP contribution in [0.2, 0.25) is 0 Å². The molecule has 162 valence electrons. The Morgan fingerprint density at radius 3 is 2.12 bits per heavy atom. The molecule has 3 aromatic heterocycles. The van der Waals surface area contributed by atoms with Crippen molar-refractivity contribution >= 4 is 22.7 Å². The number of piperazine rings is 1. The smallest absolute Gasteiger partial charge is 0.168 e. The van der Waals surface area contributed by atoms with Crippen molar-refractivity contribution < 1.29 is 0 Å². The maximum atomic E-state index is 4.60. The van der Waals surface area contributed by atoms with Gasteiger partial charge in [-0.1, -0.05) is 48.5 Å². The fourth-order valence-corrected chi connectivity index (χ4v) is 4.25. The Bertz CT molecular complexity index is 1360. The largest absolute Gasteiger partial charge is 0.352 e. The van der Waals surface area contributed by atoms with Crippen molar-refractivity contribution in [3.8, 4) is 16.9 Å². The topological polar surface area (TPSA) is 75.9 Å². The molecule has 8 nitrogen and oxygen atoms in total. The molecule has 0 saturated carbocycles. The normalized spacial score (nSPS) is 14.1. The van der Waals surface area contributed by atoms with Crippen LogP contribution in [0.25, 0.3) is 28.0 Å². The first-order valence-corrected chi connectivity index (χ1v) is 11.0. The van der Waals surface area contributed by atoms with Crippen LogP contribution in [-0.4, -0.2) is 56.1 Å². The lowest BCUT2D eigenvalue weighted by molar-refractivity contribution is 0.639. The zero-order valence-corrected chi connectivity index (χ0v) is 18.0. The van der Waals surface area contributed by atoms with E-state index in [1.807, 2.05) is 77.6 Å². The predicted octanol–water partition coefficient (Wildman–Crippen LogP) is 3.60. The van der Waals surface area contributed by atoms with Gasteiger partial charge >= 0.3 is 0 Å². The molecule has 0 N–H and O–H groups in total. The number of aromatic nitrogens is 6. The number of fused-ring (bicyclic) bond motifs is 1. The third kappa shape index (κ3) is 3.65. The number of para-hydroxylation sites is 1. The van der Waals surface area contributed by atoms with E-state index in [1.54, 1.807) is 6.33 Å². The number of rotatable bonds is 4. The quantitative estimate of drug-likeness (QED) is 0.428. The highest BCUT2D eigenvalue weighted by atomic mass is 15.3. The first-order valence-electron chi connectivity index (χ1n) is 11.0. The van der Waals surface area contributed by atoms with Gasteiger partial charge in [-0.25, -0.2) is 14.6 Å². The summed E-state index contributed by atoms with van der Waals surface area (Å²) in [6.45, 7) is 3.37. The number of hydrogen-bond acceptors (Lipinski definition) is 7. The van der Waals surface area contributed by atoms with Gasteiger partial charge in [-0.3, -0.25) is 0 Å². The Morgan fingerprint density at radius 2 is 1.39 bits per heavy atom. The minimum atomic E-state index is 0.816. The molecule has 0 bridgehead atoms. The zero-order chi connectivity index (χ0) is 22.0. The highest BCUT2D eigenvalue weighted by Crippen LogP contribution is 2.26. The van der Waals surface area contributed by atoms with Crippen LogP contribution in [0.15, 0.2) is 85.3 Å². The van der Waals surface area contributed by atoms with E-state index in [9.17, 15) is 0 Å². The zero-order valence-electron chi connectivity index (χ0n) is 18.0. The minimum Gasteiger partial charge on any atom is -0.352 e. The van der Waals surface area contributed by atoms with Gasteiger partial charge in [0.15, 0.2) is 11.5 Å². The molecule has 5 aromatic rings. The van der Waals surface area contributed by atoms with Crippen LogP contribution < -0.4 is 9.80 Å². The molecule has 0 spiro atoms. The summed E-state index contributed by atoms with van der Waals surface area (Å²) in [6.07, 6.45) is 3.48. The van der Waals surface area contributed by atoms with Gasteiger partial charge in [-0.05, 0) is 24.3 Å². The Morgan fingerprint density at radius 1 is 0.667 bits per heavy atom. The summed E-state index contributed by atoms with van der Waals surface area (Å²) in [7, 11) is 0. The monoisotopic (exact) mass is 434 g/mol. The molecule has 0 unspecified atom stereocenters. The van der Waals surface area contributed by atoms with Crippen molar-refractivity contribution in [2.24, 2.45) is 0 Å². The van der Waals surface area contributed by atoms with Gasteiger partial charge in [0.05, 0.1) is 23.0 Å². The number of anilines is 2. The molecule has 0 amide bonds. The van der Waals surface area contributed by atoms with Crippen LogP contribution >= 0.6 is 0 Å². The first-order chi connectivity index (χ1) is 16.4. The first kappa shape index (κ1) is 19.4. The number of nitrogens with zero attached hydrogens (tertiary/aromatic N) is 8. The highest BCUT2D eigenvalue weighted by molar-refractivity contribution is 5.87. The van der Waals surface area contributed by atoms with Gasteiger partial charge in [0.1, 0.15) is 12.1 Å². The molecule has 1 saturated heterocycles. The van der Waals surface area contributed by atoms with Crippen molar-refractivity contribution in [1.82, 2.24) is 29.9 Å². The molecule has 8 heteroatoms. The van der Waals surface area contributed by atoms with E-state index in [0.29, 0.717) is 0 Å². The molecular weight excluding hydrogens is 412 g/mol. The second kappa shape index (κ2) is 8.31. The van der Waals surface area contributed by atoms with E-state index in [0.717, 1.165) is 65.8 Å². The molecule has 4 heterocycles. The lowest BCUT2D eigenvalue weighted by atomic mass is 10.1. The second-order valence-electron chi connectivity index (χ2n) is 7.94. The number of benzene rings is 2. The fourth-order valence-electron chi connectivity index (χ4n) is 4.25. The summed E-state index contributed by atoms with van der Waals surface area (Å²) >= 11 is 0. The van der Waals surface area contributed by atoms with E-state index < -0.39 is 0 Å². The highest BCUT2D eigenvalue weighted by Gasteiger charge is 2.22. The Labute approximate surface area is 191 Å². The average molecular weight is 435 g/mol. The predicted molar refractivity (Wildman–Crippen MR) is 129 cm³/mol. The Kier molecular flexibility index (Phi) is 4.88. The SMILES string of the molecule is c1ccc(-c2ccc(N3CCN(c4ncnc5c4cnn5-c4ccccc4)CC3)nn2)cc1. The van der Waals surface area contributed by atoms with Crippen LogP contribution in [0.3, 0.4) is 0 Å². The molecule has 1 aliphatic heterocycles. The molecule has 1 aliphatic rings. The Balaban J connectivity index is 1.19. The lowest BCUT2D eigenvalue weighted by Crippen LogP contribution is -2.47. The summed E-state index contributed by atoms with van der Waals surface area (Å²) in [6, 6.07) is 24.3. The van der Waals surface area contributed by atoms with Crippen LogP contribution in [0.4, 0.5) is 11.6 Å². The average Bonchev–Trinajstić information content (AvgIpc) is 3.34. The molecule has 1 fully saturated rings. The van der Waals surface area contributed by atoms with Crippen molar-refractivity contribution in [1.29, 1.82) is 0 Å². The summed E-state index contributed by atoms with van der Waals surface area (Å²) in [5, 5.41) is 14.5. The summed E-state index contributed by atoms with van der Waals surface area (Å²) < 4.78 is 1.86. The maximum Gasteiger partial charge on any atom is 0.168 e. The van der Waals surface area contributed by atoms with Crippen LogP contribution in [-0.2, 0) is 0 Å². The summed E-state index contributed by atoms with van der Waals surface area (Å²) in [4.78, 5) is 13.7. The van der Waals surface area contributed by atoms with Crippen molar-refractivity contribution in [2.75, 3.05) is 36.0 Å². The summed E-state index contributed by atoms with van der Waals surface area (Å²) in [5.74, 6) is 1.83. The van der Waals surface area contributed by atoms with E-state index in [1.165, 1.54) is 0 Å².